The quantitative estimate of drug-likeness (QED) is 0.572. The largest absolute Gasteiger partial charge is 0.313 e. The van der Waals surface area contributed by atoms with E-state index in [9.17, 15) is 4.79 Å². The summed E-state index contributed by atoms with van der Waals surface area (Å²) >= 11 is 0. The normalized spacial score (nSPS) is 27.2. The van der Waals surface area contributed by atoms with E-state index >= 15 is 0 Å². The van der Waals surface area contributed by atoms with Crippen LogP contribution in [0.5, 0.6) is 0 Å². The number of hydrogen-bond acceptors (Lipinski definition) is 2. The number of hydrogen-bond donors (Lipinski definition) is 1. The molecule has 2 heteroatoms. The lowest BCUT2D eigenvalue weighted by atomic mass is 9.82. The summed E-state index contributed by atoms with van der Waals surface area (Å²) in [6, 6.07) is 0.378. The molecule has 1 unspecified atom stereocenters. The molecular weight excluding hydrogens is 138 g/mol. The molecule has 0 aromatic heterocycles. The summed E-state index contributed by atoms with van der Waals surface area (Å²) in [4.78, 5) is 11.1. The third kappa shape index (κ3) is 2.29. The van der Waals surface area contributed by atoms with Crippen LogP contribution in [0.25, 0.3) is 0 Å². The molecule has 1 heterocycles. The van der Waals surface area contributed by atoms with Gasteiger partial charge in [0, 0.05) is 25.4 Å². The fraction of sp³-hybridized carbons (Fsp3) is 0.889. The number of rotatable bonds is 0. The van der Waals surface area contributed by atoms with E-state index in [-0.39, 0.29) is 5.41 Å². The Labute approximate surface area is 68.4 Å². The van der Waals surface area contributed by atoms with E-state index in [0.717, 1.165) is 6.54 Å². The Morgan fingerprint density at radius 3 is 2.45 bits per heavy atom. The van der Waals surface area contributed by atoms with Crippen LogP contribution < -0.4 is 5.32 Å². The Morgan fingerprint density at radius 2 is 2.09 bits per heavy atom. The number of carbonyl (C=O) groups is 1. The van der Waals surface area contributed by atoms with Crippen LogP contribution in [0.1, 0.15) is 33.6 Å². The summed E-state index contributed by atoms with van der Waals surface area (Å²) in [6.07, 6.45) is 1.43. The molecule has 11 heavy (non-hydrogen) atoms. The number of carbonyl (C=O) groups excluding carboxylic acids is 1. The van der Waals surface area contributed by atoms with Gasteiger partial charge in [0.15, 0.2) is 0 Å². The second kappa shape index (κ2) is 2.94. The Hall–Kier alpha value is -0.370. The second-order valence-electron chi connectivity index (χ2n) is 4.37. The van der Waals surface area contributed by atoms with E-state index in [1.54, 1.807) is 0 Å². The molecule has 2 nitrogen and oxygen atoms in total. The first-order valence-corrected chi connectivity index (χ1v) is 4.25. The molecule has 1 aliphatic rings. The predicted molar refractivity (Wildman–Crippen MR) is 45.5 cm³/mol. The molecule has 1 atom stereocenters. The van der Waals surface area contributed by atoms with Gasteiger partial charge in [0.1, 0.15) is 5.78 Å². The van der Waals surface area contributed by atoms with Gasteiger partial charge in [0.2, 0.25) is 0 Å². The second-order valence-corrected chi connectivity index (χ2v) is 4.37. The van der Waals surface area contributed by atoms with E-state index in [2.05, 4.69) is 26.1 Å². The van der Waals surface area contributed by atoms with Crippen molar-refractivity contribution in [2.24, 2.45) is 5.41 Å². The van der Waals surface area contributed by atoms with Crippen molar-refractivity contribution >= 4 is 5.78 Å². The Bertz CT molecular complexity index is 157. The van der Waals surface area contributed by atoms with Crippen LogP contribution in [0.4, 0.5) is 0 Å². The molecule has 0 aliphatic carbocycles. The van der Waals surface area contributed by atoms with Gasteiger partial charge in [-0.25, -0.2) is 0 Å². The summed E-state index contributed by atoms with van der Waals surface area (Å²) in [5, 5.41) is 3.37. The minimum atomic E-state index is 0.218. The predicted octanol–water partition coefficient (Wildman–Crippen LogP) is 1.35. The highest BCUT2D eigenvalue weighted by Gasteiger charge is 2.28. The highest BCUT2D eigenvalue weighted by molar-refractivity contribution is 5.80. The maximum Gasteiger partial charge on any atom is 0.135 e. The van der Waals surface area contributed by atoms with Crippen LogP contribution in [0.15, 0.2) is 0 Å². The molecule has 0 amide bonds. The van der Waals surface area contributed by atoms with Gasteiger partial charge in [0.05, 0.1) is 0 Å². The molecule has 64 valence electrons. The molecule has 1 fully saturated rings. The maximum absolute atomic E-state index is 11.1. The Balaban J connectivity index is 2.53. The van der Waals surface area contributed by atoms with Gasteiger partial charge in [0.25, 0.3) is 0 Å². The van der Waals surface area contributed by atoms with Crippen LogP contribution in [-0.2, 0) is 4.79 Å². The van der Waals surface area contributed by atoms with Crippen molar-refractivity contribution in [3.8, 4) is 0 Å². The lowest BCUT2D eigenvalue weighted by Crippen LogP contribution is -2.46. The monoisotopic (exact) mass is 155 g/mol. The van der Waals surface area contributed by atoms with E-state index in [0.29, 0.717) is 24.7 Å². The third-order valence-corrected chi connectivity index (χ3v) is 2.27. The average Bonchev–Trinajstić information content (AvgIpc) is 1.86. The first-order chi connectivity index (χ1) is 5.00. The Morgan fingerprint density at radius 1 is 1.45 bits per heavy atom. The minimum absolute atomic E-state index is 0.218. The topological polar surface area (TPSA) is 29.1 Å². The van der Waals surface area contributed by atoms with Gasteiger partial charge in [-0.3, -0.25) is 4.79 Å². The summed E-state index contributed by atoms with van der Waals surface area (Å²) in [6.45, 7) is 7.37. The molecule has 1 rings (SSSR count). The summed E-state index contributed by atoms with van der Waals surface area (Å²) in [5.41, 5.74) is 0.218. The fourth-order valence-corrected chi connectivity index (χ4v) is 1.40. The van der Waals surface area contributed by atoms with Crippen LogP contribution >= 0.6 is 0 Å². The van der Waals surface area contributed by atoms with Crippen LogP contribution in [-0.4, -0.2) is 18.4 Å². The SMILES string of the molecule is CC(C)(C)C1CC(=O)CCN1. The zero-order chi connectivity index (χ0) is 8.48. The maximum atomic E-state index is 11.1. The van der Waals surface area contributed by atoms with E-state index in [1.807, 2.05) is 0 Å². The van der Waals surface area contributed by atoms with Crippen molar-refractivity contribution in [3.63, 3.8) is 0 Å². The lowest BCUT2D eigenvalue weighted by molar-refractivity contribution is -0.121. The van der Waals surface area contributed by atoms with Crippen LogP contribution in [0.3, 0.4) is 0 Å². The van der Waals surface area contributed by atoms with E-state index in [1.165, 1.54) is 0 Å². The molecule has 1 saturated heterocycles. The van der Waals surface area contributed by atoms with Crippen molar-refractivity contribution in [1.29, 1.82) is 0 Å². The van der Waals surface area contributed by atoms with Crippen molar-refractivity contribution < 1.29 is 4.79 Å². The molecule has 0 aromatic rings. The molecule has 0 aromatic carbocycles. The van der Waals surface area contributed by atoms with Crippen molar-refractivity contribution in [3.05, 3.63) is 0 Å². The van der Waals surface area contributed by atoms with Crippen molar-refractivity contribution in [1.82, 2.24) is 5.32 Å². The van der Waals surface area contributed by atoms with Crippen molar-refractivity contribution in [2.45, 2.75) is 39.7 Å². The summed E-state index contributed by atoms with van der Waals surface area (Å²) in [7, 11) is 0. The Kier molecular flexibility index (Phi) is 2.33. The van der Waals surface area contributed by atoms with Crippen LogP contribution in [0, 0.1) is 5.41 Å². The lowest BCUT2D eigenvalue weighted by Gasteiger charge is -2.34. The van der Waals surface area contributed by atoms with Crippen molar-refractivity contribution in [2.75, 3.05) is 6.54 Å². The standard InChI is InChI=1S/C9H17NO/c1-9(2,3)8-6-7(11)4-5-10-8/h8,10H,4-6H2,1-3H3. The highest BCUT2D eigenvalue weighted by Crippen LogP contribution is 2.24. The zero-order valence-corrected chi connectivity index (χ0v) is 7.61. The number of piperidine rings is 1. The minimum Gasteiger partial charge on any atom is -0.313 e. The number of nitrogens with one attached hydrogen (secondary N) is 1. The van der Waals surface area contributed by atoms with Crippen LogP contribution in [0.2, 0.25) is 0 Å². The molecule has 0 radical (unpaired) electrons. The first-order valence-electron chi connectivity index (χ1n) is 4.25. The first kappa shape index (κ1) is 8.72. The smallest absolute Gasteiger partial charge is 0.135 e. The number of Topliss-reactive ketones (excluding diaryl/α,β-unsaturated/α-hetero) is 1. The fourth-order valence-electron chi connectivity index (χ4n) is 1.40. The molecular formula is C9H17NO. The molecule has 0 bridgehead atoms. The molecule has 0 saturated carbocycles. The molecule has 0 spiro atoms. The van der Waals surface area contributed by atoms with Gasteiger partial charge < -0.3 is 5.32 Å². The number of ketones is 1. The molecule has 1 aliphatic heterocycles. The van der Waals surface area contributed by atoms with Gasteiger partial charge in [-0.1, -0.05) is 20.8 Å². The molecule has 1 N–H and O–H groups in total. The summed E-state index contributed by atoms with van der Waals surface area (Å²) < 4.78 is 0. The average molecular weight is 155 g/mol. The van der Waals surface area contributed by atoms with E-state index in [4.69, 9.17) is 0 Å². The van der Waals surface area contributed by atoms with Gasteiger partial charge in [-0.15, -0.1) is 0 Å². The summed E-state index contributed by atoms with van der Waals surface area (Å²) in [5.74, 6) is 0.406. The zero-order valence-electron chi connectivity index (χ0n) is 7.61. The third-order valence-electron chi connectivity index (χ3n) is 2.27. The van der Waals surface area contributed by atoms with Gasteiger partial charge in [-0.2, -0.15) is 0 Å². The van der Waals surface area contributed by atoms with Gasteiger partial charge >= 0.3 is 0 Å². The van der Waals surface area contributed by atoms with Gasteiger partial charge in [-0.05, 0) is 5.41 Å². The van der Waals surface area contributed by atoms with E-state index < -0.39 is 0 Å². The highest BCUT2D eigenvalue weighted by atomic mass is 16.1.